The van der Waals surface area contributed by atoms with Crippen LogP contribution < -0.4 is 4.74 Å². The summed E-state index contributed by atoms with van der Waals surface area (Å²) in [6, 6.07) is 4.21. The third kappa shape index (κ3) is 4.45. The van der Waals surface area contributed by atoms with Crippen LogP contribution in [0.5, 0.6) is 5.75 Å². The molecule has 0 radical (unpaired) electrons. The summed E-state index contributed by atoms with van der Waals surface area (Å²) in [6.45, 7) is 0.650. The van der Waals surface area contributed by atoms with Crippen LogP contribution in [0.4, 0.5) is 23.7 Å². The van der Waals surface area contributed by atoms with Gasteiger partial charge in [0.05, 0.1) is 4.92 Å². The number of hydrogen-bond donors (Lipinski definition) is 0. The van der Waals surface area contributed by atoms with Crippen LogP contribution in [0.15, 0.2) is 24.3 Å². The molecule has 19 heavy (non-hydrogen) atoms. The highest BCUT2D eigenvalue weighted by molar-refractivity contribution is 5.64. The van der Waals surface area contributed by atoms with Crippen molar-refractivity contribution in [3.05, 3.63) is 34.4 Å². The maximum Gasteiger partial charge on any atom is 0.514 e. The van der Waals surface area contributed by atoms with Crippen molar-refractivity contribution >= 4 is 11.8 Å². The van der Waals surface area contributed by atoms with Gasteiger partial charge in [-0.3, -0.25) is 10.1 Å². The minimum atomic E-state index is -4.69. The molecule has 1 atom stereocenters. The predicted molar refractivity (Wildman–Crippen MR) is 55.7 cm³/mol. The first-order valence-electron chi connectivity index (χ1n) is 4.90. The zero-order valence-electron chi connectivity index (χ0n) is 9.51. The highest BCUT2D eigenvalue weighted by Crippen LogP contribution is 2.23. The molecule has 0 aromatic heterocycles. The molecule has 0 aliphatic heterocycles. The Balaban J connectivity index is 2.60. The molecular formula is C10H8F3NO5. The third-order valence-electron chi connectivity index (χ3n) is 1.98. The van der Waals surface area contributed by atoms with Gasteiger partial charge >= 0.3 is 12.3 Å². The van der Waals surface area contributed by atoms with E-state index in [1.54, 1.807) is 0 Å². The molecule has 0 saturated heterocycles. The fourth-order valence-corrected chi connectivity index (χ4v) is 0.967. The van der Waals surface area contributed by atoms with Crippen molar-refractivity contribution in [3.8, 4) is 5.75 Å². The number of halogens is 3. The molecule has 104 valence electrons. The van der Waals surface area contributed by atoms with Gasteiger partial charge in [0.15, 0.2) is 6.10 Å². The second kappa shape index (κ2) is 5.55. The molecule has 0 amide bonds. The molecule has 0 spiro atoms. The summed E-state index contributed by atoms with van der Waals surface area (Å²) in [5, 5.41) is 10.3. The average molecular weight is 279 g/mol. The van der Waals surface area contributed by atoms with Crippen LogP contribution in [0.1, 0.15) is 6.92 Å². The summed E-state index contributed by atoms with van der Waals surface area (Å²) in [4.78, 5) is 20.7. The van der Waals surface area contributed by atoms with Crippen LogP contribution in [0, 0.1) is 10.1 Å². The summed E-state index contributed by atoms with van der Waals surface area (Å²) in [5.41, 5.74) is -0.246. The number of nitro groups is 1. The van der Waals surface area contributed by atoms with E-state index in [1.165, 1.54) is 0 Å². The van der Waals surface area contributed by atoms with E-state index >= 15 is 0 Å². The standard InChI is InChI=1S/C10H8F3NO5/c1-6(10(11,12)13)18-9(15)19-8-4-2-7(3-5-8)14(16)17/h2-6H,1H3/t6-/m1/s1. The number of non-ortho nitro benzene ring substituents is 1. The third-order valence-corrected chi connectivity index (χ3v) is 1.98. The molecule has 0 saturated carbocycles. The molecule has 0 N–H and O–H groups in total. The Hall–Kier alpha value is -2.32. The molecule has 1 aromatic rings. The molecular weight excluding hydrogens is 271 g/mol. The zero-order chi connectivity index (χ0) is 14.6. The molecule has 9 heteroatoms. The first kappa shape index (κ1) is 14.7. The van der Waals surface area contributed by atoms with Crippen molar-refractivity contribution in [2.75, 3.05) is 0 Å². The van der Waals surface area contributed by atoms with Crippen molar-refractivity contribution in [1.82, 2.24) is 0 Å². The molecule has 0 fully saturated rings. The second-order valence-corrected chi connectivity index (χ2v) is 3.40. The van der Waals surface area contributed by atoms with Crippen molar-refractivity contribution in [2.45, 2.75) is 19.2 Å². The van der Waals surface area contributed by atoms with Gasteiger partial charge in [0.25, 0.3) is 5.69 Å². The lowest BCUT2D eigenvalue weighted by Gasteiger charge is -2.15. The zero-order valence-corrected chi connectivity index (χ0v) is 9.51. The summed E-state index contributed by atoms with van der Waals surface area (Å²) < 4.78 is 44.7. The van der Waals surface area contributed by atoms with Crippen LogP contribution in [-0.4, -0.2) is 23.4 Å². The quantitative estimate of drug-likeness (QED) is 0.367. The predicted octanol–water partition coefficient (Wildman–Crippen LogP) is 3.06. The van der Waals surface area contributed by atoms with Crippen LogP contribution in [-0.2, 0) is 4.74 Å². The fourth-order valence-electron chi connectivity index (χ4n) is 0.967. The molecule has 0 aliphatic rings. The average Bonchev–Trinajstić information content (AvgIpc) is 2.28. The Morgan fingerprint density at radius 2 is 1.84 bits per heavy atom. The monoisotopic (exact) mass is 279 g/mol. The summed E-state index contributed by atoms with van der Waals surface area (Å²) in [6.07, 6.45) is -8.54. The summed E-state index contributed by atoms with van der Waals surface area (Å²) in [7, 11) is 0. The first-order chi connectivity index (χ1) is 8.70. The maximum atomic E-state index is 12.1. The second-order valence-electron chi connectivity index (χ2n) is 3.40. The minimum absolute atomic E-state index is 0.162. The van der Waals surface area contributed by atoms with E-state index in [4.69, 9.17) is 0 Å². The van der Waals surface area contributed by atoms with Crippen LogP contribution in [0.2, 0.25) is 0 Å². The van der Waals surface area contributed by atoms with Gasteiger partial charge in [-0.15, -0.1) is 0 Å². The van der Waals surface area contributed by atoms with E-state index in [2.05, 4.69) is 9.47 Å². The number of hydrogen-bond acceptors (Lipinski definition) is 5. The highest BCUT2D eigenvalue weighted by Gasteiger charge is 2.39. The number of alkyl halides is 3. The van der Waals surface area contributed by atoms with Crippen LogP contribution >= 0.6 is 0 Å². The molecule has 0 unspecified atom stereocenters. The Morgan fingerprint density at radius 1 is 1.32 bits per heavy atom. The number of nitro benzene ring substituents is 1. The molecule has 0 bridgehead atoms. The SMILES string of the molecule is C[C@@H](OC(=O)Oc1ccc([N+](=O)[O-])cc1)C(F)(F)F. The fraction of sp³-hybridized carbons (Fsp3) is 0.300. The normalized spacial score (nSPS) is 12.6. The van der Waals surface area contributed by atoms with E-state index < -0.39 is 23.4 Å². The van der Waals surface area contributed by atoms with Gasteiger partial charge in [0.1, 0.15) is 5.75 Å². The molecule has 1 rings (SSSR count). The maximum absolute atomic E-state index is 12.1. The molecule has 6 nitrogen and oxygen atoms in total. The Morgan fingerprint density at radius 3 is 2.26 bits per heavy atom. The number of carbonyl (C=O) groups excluding carboxylic acids is 1. The number of carbonyl (C=O) groups is 1. The number of rotatable bonds is 3. The number of benzene rings is 1. The van der Waals surface area contributed by atoms with Gasteiger partial charge in [-0.2, -0.15) is 13.2 Å². The van der Waals surface area contributed by atoms with Crippen molar-refractivity contribution in [2.24, 2.45) is 0 Å². The lowest BCUT2D eigenvalue weighted by Crippen LogP contribution is -2.31. The Bertz CT molecular complexity index is 471. The number of nitrogens with zero attached hydrogens (tertiary/aromatic N) is 1. The van der Waals surface area contributed by atoms with E-state index in [0.29, 0.717) is 6.92 Å². The lowest BCUT2D eigenvalue weighted by atomic mass is 10.3. The van der Waals surface area contributed by atoms with Gasteiger partial charge in [-0.1, -0.05) is 0 Å². The summed E-state index contributed by atoms with van der Waals surface area (Å²) in [5.74, 6) is -0.162. The molecule has 0 aliphatic carbocycles. The van der Waals surface area contributed by atoms with Crippen LogP contribution in [0.25, 0.3) is 0 Å². The largest absolute Gasteiger partial charge is 0.514 e. The van der Waals surface area contributed by atoms with Gasteiger partial charge in [0.2, 0.25) is 0 Å². The summed E-state index contributed by atoms with van der Waals surface area (Å²) >= 11 is 0. The van der Waals surface area contributed by atoms with Crippen molar-refractivity contribution in [3.63, 3.8) is 0 Å². The first-order valence-corrected chi connectivity index (χ1v) is 4.90. The number of ether oxygens (including phenoxy) is 2. The van der Waals surface area contributed by atoms with Crippen molar-refractivity contribution in [1.29, 1.82) is 0 Å². The van der Waals surface area contributed by atoms with Crippen molar-refractivity contribution < 1.29 is 32.4 Å². The van der Waals surface area contributed by atoms with Crippen LogP contribution in [0.3, 0.4) is 0 Å². The van der Waals surface area contributed by atoms with Gasteiger partial charge < -0.3 is 9.47 Å². The minimum Gasteiger partial charge on any atom is -0.421 e. The van der Waals surface area contributed by atoms with Gasteiger partial charge in [-0.25, -0.2) is 4.79 Å². The lowest BCUT2D eigenvalue weighted by molar-refractivity contribution is -0.384. The van der Waals surface area contributed by atoms with E-state index in [9.17, 15) is 28.1 Å². The highest BCUT2D eigenvalue weighted by atomic mass is 19.4. The molecule has 1 aromatic carbocycles. The van der Waals surface area contributed by atoms with Gasteiger partial charge in [0, 0.05) is 12.1 Å². The van der Waals surface area contributed by atoms with E-state index in [-0.39, 0.29) is 11.4 Å². The van der Waals surface area contributed by atoms with Gasteiger partial charge in [-0.05, 0) is 19.1 Å². The van der Waals surface area contributed by atoms with E-state index in [0.717, 1.165) is 24.3 Å². The topological polar surface area (TPSA) is 78.7 Å². The molecule has 0 heterocycles. The Labute approximate surface area is 104 Å². The van der Waals surface area contributed by atoms with E-state index in [1.807, 2.05) is 0 Å². The smallest absolute Gasteiger partial charge is 0.421 e. The Kier molecular flexibility index (Phi) is 4.30.